The van der Waals surface area contributed by atoms with Crippen molar-refractivity contribution in [3.63, 3.8) is 0 Å². The van der Waals surface area contributed by atoms with Crippen LogP contribution in [-0.4, -0.2) is 15.2 Å². The summed E-state index contributed by atoms with van der Waals surface area (Å²) in [6, 6.07) is 3.71. The van der Waals surface area contributed by atoms with Gasteiger partial charge in [-0.2, -0.15) is 0 Å². The third-order valence-corrected chi connectivity index (χ3v) is 2.48. The van der Waals surface area contributed by atoms with E-state index in [9.17, 15) is 13.2 Å². The highest BCUT2D eigenvalue weighted by molar-refractivity contribution is 5.64. The van der Waals surface area contributed by atoms with Crippen molar-refractivity contribution in [3.05, 3.63) is 47.4 Å². The van der Waals surface area contributed by atoms with Crippen LogP contribution in [0.15, 0.2) is 24.3 Å². The molecular weight excluding hydrogens is 261 g/mol. The van der Waals surface area contributed by atoms with E-state index in [-0.39, 0.29) is 5.69 Å². The Balaban J connectivity index is 2.72. The van der Waals surface area contributed by atoms with Crippen LogP contribution in [0.5, 0.6) is 0 Å². The number of hydrogen-bond acceptors (Lipinski definition) is 4. The number of aliphatic hydroxyl groups excluding tert-OH is 1. The largest absolute Gasteiger partial charge is 0.397 e. The molecule has 0 spiro atoms. The predicted octanol–water partition coefficient (Wildman–Crippen LogP) is 1.73. The quantitative estimate of drug-likeness (QED) is 0.726. The van der Waals surface area contributed by atoms with Crippen LogP contribution in [0, 0.1) is 17.5 Å². The summed E-state index contributed by atoms with van der Waals surface area (Å²) in [6.45, 7) is 0. The molecule has 2 rings (SSSR count). The number of nitrogens with two attached hydrogens (primary N) is 1. The summed E-state index contributed by atoms with van der Waals surface area (Å²) in [5.74, 6) is -3.10. The van der Waals surface area contributed by atoms with Crippen LogP contribution in [0.25, 0.3) is 11.3 Å². The molecule has 0 saturated carbocycles. The summed E-state index contributed by atoms with van der Waals surface area (Å²) in [6.07, 6.45) is -2.07. The lowest BCUT2D eigenvalue weighted by Gasteiger charge is -2.11. The number of halogens is 3. The van der Waals surface area contributed by atoms with Gasteiger partial charge in [0.1, 0.15) is 23.0 Å². The van der Waals surface area contributed by atoms with Crippen molar-refractivity contribution in [1.82, 2.24) is 4.98 Å². The molecule has 0 aliphatic rings. The monoisotopic (exact) mass is 270 g/mol. The topological polar surface area (TPSA) is 79.4 Å². The van der Waals surface area contributed by atoms with Gasteiger partial charge in [0.25, 0.3) is 0 Å². The van der Waals surface area contributed by atoms with Gasteiger partial charge in [-0.3, -0.25) is 0 Å². The fraction of sp³-hybridized carbons (Fsp3) is 0.0833. The molecule has 0 amide bonds. The van der Waals surface area contributed by atoms with Crippen molar-refractivity contribution in [1.29, 1.82) is 0 Å². The maximum absolute atomic E-state index is 13.7. The van der Waals surface area contributed by atoms with Crippen molar-refractivity contribution in [2.75, 3.05) is 5.73 Å². The van der Waals surface area contributed by atoms with Gasteiger partial charge in [-0.05, 0) is 12.1 Å². The van der Waals surface area contributed by atoms with Crippen LogP contribution in [0.3, 0.4) is 0 Å². The van der Waals surface area contributed by atoms with Gasteiger partial charge < -0.3 is 15.9 Å². The Bertz CT molecular complexity index is 612. The summed E-state index contributed by atoms with van der Waals surface area (Å²) >= 11 is 0. The number of rotatable bonds is 2. The number of nitrogens with zero attached hydrogens (tertiary/aromatic N) is 1. The van der Waals surface area contributed by atoms with Gasteiger partial charge in [-0.1, -0.05) is 6.07 Å². The van der Waals surface area contributed by atoms with Crippen molar-refractivity contribution >= 4 is 5.69 Å². The molecular formula is C12H9F3N2O2. The van der Waals surface area contributed by atoms with E-state index in [0.29, 0.717) is 0 Å². The zero-order chi connectivity index (χ0) is 14.2. The number of aliphatic hydroxyl groups is 2. The number of nitrogen functional groups attached to an aromatic ring is 1. The summed E-state index contributed by atoms with van der Waals surface area (Å²) < 4.78 is 40.8. The third-order valence-electron chi connectivity index (χ3n) is 2.48. The Hall–Kier alpha value is -2.12. The van der Waals surface area contributed by atoms with Crippen molar-refractivity contribution in [2.45, 2.75) is 6.29 Å². The molecule has 19 heavy (non-hydrogen) atoms. The molecule has 4 nitrogen and oxygen atoms in total. The van der Waals surface area contributed by atoms with Crippen molar-refractivity contribution < 1.29 is 23.4 Å². The maximum Gasteiger partial charge on any atom is 0.198 e. The second-order valence-electron chi connectivity index (χ2n) is 3.76. The fourth-order valence-electron chi connectivity index (χ4n) is 1.62. The van der Waals surface area contributed by atoms with Crippen molar-refractivity contribution in [3.8, 4) is 11.3 Å². The van der Waals surface area contributed by atoms with Crippen LogP contribution in [0.1, 0.15) is 12.0 Å². The van der Waals surface area contributed by atoms with Crippen molar-refractivity contribution in [2.24, 2.45) is 0 Å². The second kappa shape index (κ2) is 4.87. The third kappa shape index (κ3) is 2.38. The molecule has 0 saturated heterocycles. The summed E-state index contributed by atoms with van der Waals surface area (Å²) in [5, 5.41) is 18.0. The zero-order valence-electron chi connectivity index (χ0n) is 9.44. The van der Waals surface area contributed by atoms with E-state index in [1.54, 1.807) is 0 Å². The highest BCUT2D eigenvalue weighted by Gasteiger charge is 2.20. The standard InChI is InChI=1S/C12H9F3N2O2/c13-5-2-1-3-6(14)9(5)10-7(15)4-8(16)11(17-10)12(18)19/h1-4,12,18-19H,16H2. The summed E-state index contributed by atoms with van der Waals surface area (Å²) in [5.41, 5.74) is 3.17. The molecule has 7 heteroatoms. The van der Waals surface area contributed by atoms with Gasteiger partial charge in [0.15, 0.2) is 12.1 Å². The number of hydrogen-bond donors (Lipinski definition) is 3. The SMILES string of the molecule is Nc1cc(F)c(-c2c(F)cccc2F)nc1C(O)O. The average molecular weight is 270 g/mol. The molecule has 0 aliphatic heterocycles. The first-order valence-electron chi connectivity index (χ1n) is 5.18. The van der Waals surface area contributed by atoms with E-state index in [2.05, 4.69) is 4.98 Å². The molecule has 0 atom stereocenters. The van der Waals surface area contributed by atoms with E-state index in [1.165, 1.54) is 0 Å². The lowest BCUT2D eigenvalue weighted by atomic mass is 10.1. The molecule has 0 bridgehead atoms. The van der Waals surface area contributed by atoms with Crippen LogP contribution in [-0.2, 0) is 0 Å². The smallest absolute Gasteiger partial charge is 0.198 e. The molecule has 0 unspecified atom stereocenters. The minimum atomic E-state index is -2.07. The Morgan fingerprint density at radius 2 is 1.63 bits per heavy atom. The van der Waals surface area contributed by atoms with Crippen LogP contribution >= 0.6 is 0 Å². The number of anilines is 1. The van der Waals surface area contributed by atoms with Crippen LogP contribution < -0.4 is 5.73 Å². The Labute approximate surface area is 105 Å². The minimum absolute atomic E-state index is 0.326. The lowest BCUT2D eigenvalue weighted by Crippen LogP contribution is -2.08. The van der Waals surface area contributed by atoms with Gasteiger partial charge >= 0.3 is 0 Å². The molecule has 1 aromatic heterocycles. The Morgan fingerprint density at radius 3 is 2.16 bits per heavy atom. The minimum Gasteiger partial charge on any atom is -0.397 e. The van der Waals surface area contributed by atoms with E-state index < -0.39 is 40.7 Å². The van der Waals surface area contributed by atoms with E-state index in [0.717, 1.165) is 24.3 Å². The lowest BCUT2D eigenvalue weighted by molar-refractivity contribution is -0.0451. The summed E-state index contributed by atoms with van der Waals surface area (Å²) in [7, 11) is 0. The molecule has 1 aromatic carbocycles. The molecule has 100 valence electrons. The molecule has 4 N–H and O–H groups in total. The highest BCUT2D eigenvalue weighted by Crippen LogP contribution is 2.30. The fourth-order valence-corrected chi connectivity index (χ4v) is 1.62. The first kappa shape index (κ1) is 13.3. The van der Waals surface area contributed by atoms with Crippen LogP contribution in [0.2, 0.25) is 0 Å². The molecule has 0 aliphatic carbocycles. The Morgan fingerprint density at radius 1 is 1.05 bits per heavy atom. The van der Waals surface area contributed by atoms with E-state index in [4.69, 9.17) is 15.9 Å². The van der Waals surface area contributed by atoms with Gasteiger partial charge in [-0.15, -0.1) is 0 Å². The van der Waals surface area contributed by atoms with Gasteiger partial charge in [0, 0.05) is 6.07 Å². The highest BCUT2D eigenvalue weighted by atomic mass is 19.1. The zero-order valence-corrected chi connectivity index (χ0v) is 9.44. The predicted molar refractivity (Wildman–Crippen MR) is 61.1 cm³/mol. The van der Waals surface area contributed by atoms with E-state index in [1.807, 2.05) is 0 Å². The van der Waals surface area contributed by atoms with E-state index >= 15 is 0 Å². The summed E-state index contributed by atoms with van der Waals surface area (Å²) in [4.78, 5) is 3.48. The number of benzene rings is 1. The van der Waals surface area contributed by atoms with Gasteiger partial charge in [0.2, 0.25) is 0 Å². The first-order valence-corrected chi connectivity index (χ1v) is 5.18. The number of pyridine rings is 1. The number of aromatic nitrogens is 1. The van der Waals surface area contributed by atoms with Gasteiger partial charge in [0.05, 0.1) is 11.3 Å². The molecule has 1 heterocycles. The maximum atomic E-state index is 13.7. The Kier molecular flexibility index (Phi) is 3.41. The van der Waals surface area contributed by atoms with Crippen LogP contribution in [0.4, 0.5) is 18.9 Å². The normalized spacial score (nSPS) is 11.1. The first-order chi connectivity index (χ1) is 8.91. The average Bonchev–Trinajstić information content (AvgIpc) is 2.30. The molecule has 2 aromatic rings. The molecule has 0 radical (unpaired) electrons. The molecule has 0 fully saturated rings. The second-order valence-corrected chi connectivity index (χ2v) is 3.76. The van der Waals surface area contributed by atoms with Gasteiger partial charge in [-0.25, -0.2) is 18.2 Å².